The van der Waals surface area contributed by atoms with Crippen LogP contribution in [0.5, 0.6) is 5.75 Å². The van der Waals surface area contributed by atoms with Crippen molar-refractivity contribution >= 4 is 35.0 Å². The topological polar surface area (TPSA) is 63.6 Å². The monoisotopic (exact) mass is 466 g/mol. The molecule has 0 radical (unpaired) electrons. The van der Waals surface area contributed by atoms with Gasteiger partial charge in [-0.1, -0.05) is 48.9 Å². The van der Waals surface area contributed by atoms with Gasteiger partial charge in [0.2, 0.25) is 0 Å². The van der Waals surface area contributed by atoms with Crippen molar-refractivity contribution in [3.8, 4) is 5.75 Å². The summed E-state index contributed by atoms with van der Waals surface area (Å²) in [6.07, 6.45) is 12.5. The summed E-state index contributed by atoms with van der Waals surface area (Å²) in [5, 5.41) is 9.39. The van der Waals surface area contributed by atoms with E-state index < -0.39 is 5.97 Å². The highest BCUT2D eigenvalue weighted by atomic mass is 35.5. The van der Waals surface area contributed by atoms with E-state index in [0.717, 1.165) is 56.4 Å². The average Bonchev–Trinajstić information content (AvgIpc) is 3.31. The molecule has 0 spiro atoms. The summed E-state index contributed by atoms with van der Waals surface area (Å²) in [6.45, 7) is 0.456. The number of halogens is 2. The molecule has 1 N–H and O–H groups in total. The molecule has 1 aromatic rings. The Hall–Kier alpha value is -1.26. The number of benzene rings is 1. The van der Waals surface area contributed by atoms with Crippen LogP contribution in [0.25, 0.3) is 0 Å². The summed E-state index contributed by atoms with van der Waals surface area (Å²) in [7, 11) is 0. The standard InChI is InChI=1S/C25H32Cl2O4/c26-22-19(31-13-5-1-2-8-20(28)29)14-17-15-25(12-11-16-9-10-16,18-6-3-4-7-18)24(30)21(17)23(22)27/h14,16,18H,1-13,15H2,(H,28,29). The van der Waals surface area contributed by atoms with E-state index >= 15 is 0 Å². The van der Waals surface area contributed by atoms with Gasteiger partial charge in [-0.25, -0.2) is 0 Å². The number of carboxylic acids is 1. The highest BCUT2D eigenvalue weighted by Gasteiger charge is 2.52. The number of carbonyl (C=O) groups is 2. The van der Waals surface area contributed by atoms with Gasteiger partial charge in [0.25, 0.3) is 0 Å². The third kappa shape index (κ3) is 4.90. The van der Waals surface area contributed by atoms with Crippen LogP contribution < -0.4 is 4.74 Å². The van der Waals surface area contributed by atoms with Crippen molar-refractivity contribution in [2.75, 3.05) is 6.61 Å². The summed E-state index contributed by atoms with van der Waals surface area (Å²) >= 11 is 13.2. The van der Waals surface area contributed by atoms with Gasteiger partial charge in [-0.15, -0.1) is 0 Å². The Morgan fingerprint density at radius 2 is 1.84 bits per heavy atom. The molecule has 4 nitrogen and oxygen atoms in total. The van der Waals surface area contributed by atoms with E-state index in [0.29, 0.717) is 40.3 Å². The number of fused-ring (bicyclic) bond motifs is 1. The highest BCUT2D eigenvalue weighted by Crippen LogP contribution is 2.55. The molecular formula is C25H32Cl2O4. The van der Waals surface area contributed by atoms with E-state index in [1.165, 1.54) is 25.7 Å². The Balaban J connectivity index is 1.49. The van der Waals surface area contributed by atoms with E-state index in [-0.39, 0.29) is 17.6 Å². The lowest BCUT2D eigenvalue weighted by atomic mass is 9.68. The lowest BCUT2D eigenvalue weighted by Crippen LogP contribution is -2.35. The maximum atomic E-state index is 13.8. The third-order valence-electron chi connectivity index (χ3n) is 7.56. The molecule has 1 aromatic carbocycles. The number of unbranched alkanes of at least 4 members (excludes halogenated alkanes) is 2. The molecule has 0 heterocycles. The zero-order valence-corrected chi connectivity index (χ0v) is 19.6. The molecule has 0 aromatic heterocycles. The minimum Gasteiger partial charge on any atom is -0.492 e. The van der Waals surface area contributed by atoms with Crippen LogP contribution in [0, 0.1) is 17.3 Å². The third-order valence-corrected chi connectivity index (χ3v) is 8.41. The fraction of sp³-hybridized carbons (Fsp3) is 0.680. The molecule has 1 unspecified atom stereocenters. The van der Waals surface area contributed by atoms with Gasteiger partial charge in [0, 0.05) is 17.4 Å². The molecule has 0 aliphatic heterocycles. The zero-order valence-electron chi connectivity index (χ0n) is 18.1. The Bertz CT molecular complexity index is 842. The van der Waals surface area contributed by atoms with Gasteiger partial charge in [0.1, 0.15) is 10.8 Å². The molecule has 0 amide bonds. The van der Waals surface area contributed by atoms with Crippen molar-refractivity contribution < 1.29 is 19.4 Å². The normalized spacial score (nSPS) is 23.4. The molecule has 6 heteroatoms. The van der Waals surface area contributed by atoms with Gasteiger partial charge >= 0.3 is 5.97 Å². The fourth-order valence-electron chi connectivity index (χ4n) is 5.63. The Morgan fingerprint density at radius 1 is 1.10 bits per heavy atom. The van der Waals surface area contributed by atoms with Crippen LogP contribution in [0.2, 0.25) is 10.0 Å². The summed E-state index contributed by atoms with van der Waals surface area (Å²) in [5.41, 5.74) is 1.30. The number of carboxylic acid groups (broad SMARTS) is 1. The molecule has 3 aliphatic carbocycles. The molecule has 31 heavy (non-hydrogen) atoms. The SMILES string of the molecule is O=C(O)CCCCCOc1cc2c(c(Cl)c1Cl)C(=O)C(CCC1CC1)(C1CCCC1)C2. The van der Waals surface area contributed by atoms with E-state index in [2.05, 4.69) is 0 Å². The number of aliphatic carboxylic acids is 1. The maximum Gasteiger partial charge on any atom is 0.303 e. The van der Waals surface area contributed by atoms with E-state index in [1.54, 1.807) is 0 Å². The molecule has 2 saturated carbocycles. The number of ether oxygens (including phenoxy) is 1. The van der Waals surface area contributed by atoms with E-state index in [1.807, 2.05) is 6.07 Å². The van der Waals surface area contributed by atoms with Crippen LogP contribution >= 0.6 is 23.2 Å². The van der Waals surface area contributed by atoms with E-state index in [4.69, 9.17) is 33.0 Å². The van der Waals surface area contributed by atoms with Crippen LogP contribution in [0.1, 0.15) is 93.0 Å². The Morgan fingerprint density at radius 3 is 2.52 bits per heavy atom. The number of hydrogen-bond donors (Lipinski definition) is 1. The number of ketones is 1. The Labute approximate surface area is 194 Å². The van der Waals surface area contributed by atoms with Crippen LogP contribution in [-0.2, 0) is 11.2 Å². The van der Waals surface area contributed by atoms with Crippen LogP contribution in [0.15, 0.2) is 6.07 Å². The van der Waals surface area contributed by atoms with Gasteiger partial charge in [-0.2, -0.15) is 0 Å². The zero-order chi connectivity index (χ0) is 22.0. The second-order valence-electron chi connectivity index (χ2n) is 9.72. The second kappa shape index (κ2) is 9.70. The highest BCUT2D eigenvalue weighted by molar-refractivity contribution is 6.45. The van der Waals surface area contributed by atoms with Crippen molar-refractivity contribution in [1.29, 1.82) is 0 Å². The quantitative estimate of drug-likeness (QED) is 0.352. The molecular weight excluding hydrogens is 435 g/mol. The summed E-state index contributed by atoms with van der Waals surface area (Å²) < 4.78 is 5.91. The fourth-order valence-corrected chi connectivity index (χ4v) is 6.14. The van der Waals surface area contributed by atoms with Crippen LogP contribution in [0.3, 0.4) is 0 Å². The molecule has 0 bridgehead atoms. The average molecular weight is 467 g/mol. The largest absolute Gasteiger partial charge is 0.492 e. The minimum absolute atomic E-state index is 0.178. The molecule has 2 fully saturated rings. The maximum absolute atomic E-state index is 13.8. The smallest absolute Gasteiger partial charge is 0.303 e. The first-order chi connectivity index (χ1) is 14.9. The molecule has 170 valence electrons. The van der Waals surface area contributed by atoms with Gasteiger partial charge in [0.05, 0.1) is 11.6 Å². The van der Waals surface area contributed by atoms with Gasteiger partial charge in [-0.3, -0.25) is 9.59 Å². The summed E-state index contributed by atoms with van der Waals surface area (Å²) in [6, 6.07) is 1.94. The van der Waals surface area contributed by atoms with Gasteiger partial charge in [0.15, 0.2) is 5.78 Å². The van der Waals surface area contributed by atoms with Crippen molar-refractivity contribution in [2.24, 2.45) is 17.3 Å². The minimum atomic E-state index is -0.772. The van der Waals surface area contributed by atoms with Crippen molar-refractivity contribution in [2.45, 2.75) is 83.5 Å². The van der Waals surface area contributed by atoms with E-state index in [9.17, 15) is 9.59 Å². The number of Topliss-reactive ketones (excluding diaryl/α,β-unsaturated/α-hetero) is 1. The molecule has 1 atom stereocenters. The number of rotatable bonds is 11. The predicted molar refractivity (Wildman–Crippen MR) is 122 cm³/mol. The molecule has 0 saturated heterocycles. The van der Waals surface area contributed by atoms with Crippen molar-refractivity contribution in [3.63, 3.8) is 0 Å². The summed E-state index contributed by atoms with van der Waals surface area (Å²) in [4.78, 5) is 24.4. The lowest BCUT2D eigenvalue weighted by molar-refractivity contribution is -0.137. The Kier molecular flexibility index (Phi) is 7.17. The van der Waals surface area contributed by atoms with Gasteiger partial charge in [-0.05, 0) is 74.8 Å². The number of carbonyl (C=O) groups excluding carboxylic acids is 1. The molecule has 4 rings (SSSR count). The first kappa shape index (κ1) is 22.9. The van der Waals surface area contributed by atoms with Crippen LogP contribution in [0.4, 0.5) is 0 Å². The van der Waals surface area contributed by atoms with Crippen molar-refractivity contribution in [1.82, 2.24) is 0 Å². The van der Waals surface area contributed by atoms with Gasteiger partial charge < -0.3 is 9.84 Å². The first-order valence-electron chi connectivity index (χ1n) is 11.8. The second-order valence-corrected chi connectivity index (χ2v) is 10.5. The predicted octanol–water partition coefficient (Wildman–Crippen LogP) is 7.12. The van der Waals surface area contributed by atoms with Crippen molar-refractivity contribution in [3.05, 3.63) is 27.2 Å². The number of hydrogen-bond acceptors (Lipinski definition) is 3. The molecule has 3 aliphatic rings. The first-order valence-corrected chi connectivity index (χ1v) is 12.6. The lowest BCUT2D eigenvalue weighted by Gasteiger charge is -2.34. The summed E-state index contributed by atoms with van der Waals surface area (Å²) in [5.74, 6) is 1.22. The van der Waals surface area contributed by atoms with Crippen LogP contribution in [-0.4, -0.2) is 23.5 Å².